The summed E-state index contributed by atoms with van der Waals surface area (Å²) in [5.41, 5.74) is 1.35. The highest BCUT2D eigenvalue weighted by molar-refractivity contribution is 5.73. The number of H-pyrrole nitrogens is 1. The highest BCUT2D eigenvalue weighted by Gasteiger charge is 2.15. The quantitative estimate of drug-likeness (QED) is 0.794. The molecule has 1 aliphatic rings. The minimum absolute atomic E-state index is 0.0199. The zero-order valence-electron chi connectivity index (χ0n) is 11.0. The third-order valence-corrected chi connectivity index (χ3v) is 3.33. The summed E-state index contributed by atoms with van der Waals surface area (Å²) in [7, 11) is 0. The first kappa shape index (κ1) is 14.3. The number of rotatable bonds is 2. The topological polar surface area (TPSA) is 97.2 Å². The van der Waals surface area contributed by atoms with Crippen LogP contribution in [0, 0.1) is 5.92 Å². The van der Waals surface area contributed by atoms with Crippen LogP contribution in [0.1, 0.15) is 12.8 Å². The van der Waals surface area contributed by atoms with Crippen LogP contribution in [-0.2, 0) is 16.1 Å². The SMILES string of the molecule is O=CO.O=c1c2[nH]ccc2ncn1CC1CCOCC1. The van der Waals surface area contributed by atoms with Crippen molar-refractivity contribution in [1.82, 2.24) is 14.5 Å². The van der Waals surface area contributed by atoms with Crippen LogP contribution in [0.4, 0.5) is 0 Å². The lowest BCUT2D eigenvalue weighted by Crippen LogP contribution is -2.27. The van der Waals surface area contributed by atoms with Crippen LogP contribution >= 0.6 is 0 Å². The first-order valence-electron chi connectivity index (χ1n) is 6.44. The van der Waals surface area contributed by atoms with E-state index in [4.69, 9.17) is 14.6 Å². The molecular formula is C13H17N3O4. The molecule has 7 heteroatoms. The van der Waals surface area contributed by atoms with E-state index in [0.29, 0.717) is 11.4 Å². The lowest BCUT2D eigenvalue weighted by Gasteiger charge is -2.22. The molecule has 20 heavy (non-hydrogen) atoms. The van der Waals surface area contributed by atoms with Crippen molar-refractivity contribution in [2.24, 2.45) is 5.92 Å². The molecule has 0 aliphatic carbocycles. The van der Waals surface area contributed by atoms with Gasteiger partial charge in [-0.1, -0.05) is 0 Å². The maximum atomic E-state index is 12.1. The van der Waals surface area contributed by atoms with Crippen molar-refractivity contribution >= 4 is 17.5 Å². The first-order valence-corrected chi connectivity index (χ1v) is 6.44. The highest BCUT2D eigenvalue weighted by Crippen LogP contribution is 2.16. The highest BCUT2D eigenvalue weighted by atomic mass is 16.5. The first-order chi connectivity index (χ1) is 9.76. The Balaban J connectivity index is 0.000000452. The van der Waals surface area contributed by atoms with Crippen molar-refractivity contribution in [2.75, 3.05) is 13.2 Å². The van der Waals surface area contributed by atoms with Crippen molar-refractivity contribution in [3.05, 3.63) is 28.9 Å². The Kier molecular flexibility index (Phi) is 4.89. The molecule has 0 aromatic carbocycles. The summed E-state index contributed by atoms with van der Waals surface area (Å²) in [6.45, 7) is 2.10. The average molecular weight is 279 g/mol. The summed E-state index contributed by atoms with van der Waals surface area (Å²) in [6, 6.07) is 1.82. The Hall–Kier alpha value is -2.15. The number of nitrogens with zero attached hydrogens (tertiary/aromatic N) is 2. The van der Waals surface area contributed by atoms with Crippen molar-refractivity contribution in [3.63, 3.8) is 0 Å². The van der Waals surface area contributed by atoms with Gasteiger partial charge < -0.3 is 14.8 Å². The molecular weight excluding hydrogens is 262 g/mol. The molecule has 3 rings (SSSR count). The van der Waals surface area contributed by atoms with Gasteiger partial charge in [0.1, 0.15) is 5.52 Å². The lowest BCUT2D eigenvalue weighted by molar-refractivity contribution is -0.122. The van der Waals surface area contributed by atoms with Gasteiger partial charge in [0.2, 0.25) is 0 Å². The van der Waals surface area contributed by atoms with E-state index in [9.17, 15) is 4.79 Å². The third-order valence-electron chi connectivity index (χ3n) is 3.33. The van der Waals surface area contributed by atoms with E-state index < -0.39 is 0 Å². The Morgan fingerprint density at radius 2 is 2.20 bits per heavy atom. The number of hydrogen-bond donors (Lipinski definition) is 2. The second kappa shape index (κ2) is 6.85. The minimum Gasteiger partial charge on any atom is -0.483 e. The second-order valence-electron chi connectivity index (χ2n) is 4.60. The molecule has 0 atom stereocenters. The van der Waals surface area contributed by atoms with E-state index >= 15 is 0 Å². The van der Waals surface area contributed by atoms with Crippen LogP contribution in [0.2, 0.25) is 0 Å². The van der Waals surface area contributed by atoms with Crippen LogP contribution in [0.15, 0.2) is 23.4 Å². The molecule has 2 N–H and O–H groups in total. The zero-order valence-corrected chi connectivity index (χ0v) is 11.0. The number of carbonyl (C=O) groups is 1. The number of fused-ring (bicyclic) bond motifs is 1. The predicted molar refractivity (Wildman–Crippen MR) is 72.6 cm³/mol. The number of ether oxygens (including phenoxy) is 1. The van der Waals surface area contributed by atoms with Gasteiger partial charge >= 0.3 is 0 Å². The summed E-state index contributed by atoms with van der Waals surface area (Å²) in [4.78, 5) is 27.7. The maximum Gasteiger partial charge on any atom is 0.290 e. The van der Waals surface area contributed by atoms with E-state index in [1.165, 1.54) is 0 Å². The summed E-state index contributed by atoms with van der Waals surface area (Å²) in [5, 5.41) is 6.89. The van der Waals surface area contributed by atoms with E-state index in [1.54, 1.807) is 17.1 Å². The molecule has 2 aromatic heterocycles. The Morgan fingerprint density at radius 3 is 2.90 bits per heavy atom. The second-order valence-corrected chi connectivity index (χ2v) is 4.60. The normalized spacial score (nSPS) is 15.6. The van der Waals surface area contributed by atoms with Crippen molar-refractivity contribution in [2.45, 2.75) is 19.4 Å². The van der Waals surface area contributed by atoms with Crippen LogP contribution in [0.3, 0.4) is 0 Å². The fourth-order valence-electron chi connectivity index (χ4n) is 2.31. The molecule has 2 aromatic rings. The molecule has 1 saturated heterocycles. The molecule has 0 saturated carbocycles. The van der Waals surface area contributed by atoms with Gasteiger partial charge in [-0.05, 0) is 24.8 Å². The summed E-state index contributed by atoms with van der Waals surface area (Å²) < 4.78 is 7.02. The molecule has 0 unspecified atom stereocenters. The van der Waals surface area contributed by atoms with E-state index in [1.807, 2.05) is 6.07 Å². The van der Waals surface area contributed by atoms with Crippen molar-refractivity contribution < 1.29 is 14.6 Å². The van der Waals surface area contributed by atoms with Crippen LogP contribution in [-0.4, -0.2) is 39.3 Å². The van der Waals surface area contributed by atoms with E-state index in [2.05, 4.69) is 9.97 Å². The molecule has 3 heterocycles. The summed E-state index contributed by atoms with van der Waals surface area (Å²) in [6.07, 6.45) is 5.44. The molecule has 108 valence electrons. The van der Waals surface area contributed by atoms with Gasteiger partial charge in [-0.3, -0.25) is 14.2 Å². The Bertz CT molecular complexity index is 613. The number of nitrogens with one attached hydrogen (secondary N) is 1. The van der Waals surface area contributed by atoms with Gasteiger partial charge in [0.15, 0.2) is 0 Å². The molecule has 0 amide bonds. The summed E-state index contributed by atoms with van der Waals surface area (Å²) >= 11 is 0. The molecule has 1 aliphatic heterocycles. The fourth-order valence-corrected chi connectivity index (χ4v) is 2.31. The zero-order chi connectivity index (χ0) is 14.4. The fraction of sp³-hybridized carbons (Fsp3) is 0.462. The monoisotopic (exact) mass is 279 g/mol. The van der Waals surface area contributed by atoms with Gasteiger partial charge in [0.25, 0.3) is 12.0 Å². The Labute approximate surface area is 115 Å². The predicted octanol–water partition coefficient (Wildman–Crippen LogP) is 0.852. The minimum atomic E-state index is -0.250. The number of hydrogen-bond acceptors (Lipinski definition) is 4. The van der Waals surface area contributed by atoms with Crippen molar-refractivity contribution in [1.29, 1.82) is 0 Å². The molecule has 1 fully saturated rings. The van der Waals surface area contributed by atoms with E-state index in [0.717, 1.165) is 38.1 Å². The lowest BCUT2D eigenvalue weighted by atomic mass is 10.0. The van der Waals surface area contributed by atoms with Crippen LogP contribution in [0.5, 0.6) is 0 Å². The van der Waals surface area contributed by atoms with Crippen molar-refractivity contribution in [3.8, 4) is 0 Å². The smallest absolute Gasteiger partial charge is 0.290 e. The van der Waals surface area contributed by atoms with Gasteiger partial charge in [-0.15, -0.1) is 0 Å². The van der Waals surface area contributed by atoms with Crippen LogP contribution in [0.25, 0.3) is 11.0 Å². The standard InChI is InChI=1S/C12H15N3O2.CH2O2/c16-12-11-10(1-4-13-11)14-8-15(12)7-9-2-5-17-6-3-9;2-1-3/h1,4,8-9,13H,2-3,5-7H2;1H,(H,2,3). The largest absolute Gasteiger partial charge is 0.483 e. The number of aromatic amines is 1. The average Bonchev–Trinajstić information content (AvgIpc) is 2.93. The molecule has 0 spiro atoms. The third kappa shape index (κ3) is 3.24. The van der Waals surface area contributed by atoms with Gasteiger partial charge in [-0.2, -0.15) is 0 Å². The number of aromatic nitrogens is 3. The molecule has 7 nitrogen and oxygen atoms in total. The Morgan fingerprint density at radius 1 is 1.50 bits per heavy atom. The molecule has 0 radical (unpaired) electrons. The van der Waals surface area contributed by atoms with E-state index in [-0.39, 0.29) is 12.0 Å². The van der Waals surface area contributed by atoms with Gasteiger partial charge in [-0.25, -0.2) is 4.98 Å². The van der Waals surface area contributed by atoms with Crippen LogP contribution < -0.4 is 5.56 Å². The molecule has 0 bridgehead atoms. The summed E-state index contributed by atoms with van der Waals surface area (Å²) in [5.74, 6) is 0.524. The van der Waals surface area contributed by atoms with Gasteiger partial charge in [0, 0.05) is 26.0 Å². The number of carboxylic acid groups (broad SMARTS) is 1. The van der Waals surface area contributed by atoms with Gasteiger partial charge in [0.05, 0.1) is 11.8 Å². The maximum absolute atomic E-state index is 12.1.